The van der Waals surface area contributed by atoms with Gasteiger partial charge >= 0.3 is 0 Å². The van der Waals surface area contributed by atoms with Gasteiger partial charge in [-0.05, 0) is 40.2 Å². The zero-order valence-electron chi connectivity index (χ0n) is 22.2. The minimum absolute atomic E-state index is 0.0559. The molecule has 41 heavy (non-hydrogen) atoms. The summed E-state index contributed by atoms with van der Waals surface area (Å²) in [5.41, 5.74) is 14.7. The van der Waals surface area contributed by atoms with Crippen LogP contribution in [0.25, 0.3) is 16.5 Å². The molecule has 0 bridgehead atoms. The van der Waals surface area contributed by atoms with Gasteiger partial charge in [-0.15, -0.1) is 20.5 Å². The number of hydrogen-bond donors (Lipinski definition) is 2. The number of azo groups is 2. The lowest BCUT2D eigenvalue weighted by molar-refractivity contribution is 0.799. The predicted octanol–water partition coefficient (Wildman–Crippen LogP) is 5.12. The number of nitrogens with two attached hydrogens (primary N) is 2. The predicted molar refractivity (Wildman–Crippen MR) is 150 cm³/mol. The van der Waals surface area contributed by atoms with Crippen molar-refractivity contribution in [3.8, 4) is 17.7 Å². The molecule has 0 atom stereocenters. The minimum atomic E-state index is 0.0559. The summed E-state index contributed by atoms with van der Waals surface area (Å²) in [6.07, 6.45) is 0. The minimum Gasteiger partial charge on any atom is -0.382 e. The SMILES string of the molecule is [C-]#[N+]c1c(-n2nc(C)c(N=Nc3nc(C)ns3)c2N)nc(-n2nc(C)c(N=Nc3nc(C)ns3)c2N)c(C#N)c1C. The first-order valence-electron chi connectivity index (χ1n) is 11.6. The van der Waals surface area contributed by atoms with Crippen LogP contribution in [0.3, 0.4) is 0 Å². The monoisotopic (exact) mass is 585 g/mol. The van der Waals surface area contributed by atoms with Crippen LogP contribution >= 0.6 is 23.1 Å². The highest BCUT2D eigenvalue weighted by molar-refractivity contribution is 7.09. The fourth-order valence-electron chi connectivity index (χ4n) is 3.71. The number of rotatable bonds is 6. The molecule has 5 aromatic heterocycles. The number of nitrogen functional groups attached to an aromatic ring is 2. The molecule has 5 rings (SSSR count). The maximum Gasteiger partial charge on any atom is 0.249 e. The van der Waals surface area contributed by atoms with Crippen LogP contribution in [0, 0.1) is 52.5 Å². The topological polar surface area (TPSA) is 230 Å². The van der Waals surface area contributed by atoms with Gasteiger partial charge in [-0.2, -0.15) is 28.9 Å². The molecule has 0 aliphatic rings. The number of pyridine rings is 1. The van der Waals surface area contributed by atoms with E-state index in [1.165, 1.54) is 9.36 Å². The molecule has 5 aromatic rings. The molecule has 0 aromatic carbocycles. The molecular formula is C22H19N17S2. The van der Waals surface area contributed by atoms with E-state index in [1.54, 1.807) is 34.6 Å². The van der Waals surface area contributed by atoms with Gasteiger partial charge in [0.1, 0.15) is 17.7 Å². The fraction of sp³-hybridized carbons (Fsp3) is 0.227. The maximum absolute atomic E-state index is 10.0. The van der Waals surface area contributed by atoms with Crippen LogP contribution in [0.1, 0.15) is 34.2 Å². The smallest absolute Gasteiger partial charge is 0.249 e. The second kappa shape index (κ2) is 10.6. The van der Waals surface area contributed by atoms with E-state index in [0.717, 1.165) is 23.1 Å². The average molecular weight is 586 g/mol. The van der Waals surface area contributed by atoms with Gasteiger partial charge in [-0.3, -0.25) is 0 Å². The summed E-state index contributed by atoms with van der Waals surface area (Å²) in [5, 5.41) is 36.2. The highest BCUT2D eigenvalue weighted by Gasteiger charge is 2.26. The molecule has 5 heterocycles. The molecule has 0 radical (unpaired) electrons. The van der Waals surface area contributed by atoms with E-state index in [4.69, 9.17) is 18.0 Å². The first-order chi connectivity index (χ1) is 19.6. The standard InChI is InChI=1S/C22H19N17S2/c1-8-13(7-23)19(38-17(24)15(9(2)34-38)30-32-21-27-11(4)36-40-21)29-20(14(8)26-6)39-18(25)16(10(3)35-39)31-33-22-28-12(5)37-41-22/h24-25H2,1-5H3. The van der Waals surface area contributed by atoms with Gasteiger partial charge in [-0.1, -0.05) is 0 Å². The molecule has 17 nitrogen and oxygen atoms in total. The van der Waals surface area contributed by atoms with E-state index >= 15 is 0 Å². The molecule has 0 saturated carbocycles. The maximum atomic E-state index is 10.0. The largest absolute Gasteiger partial charge is 0.382 e. The summed E-state index contributed by atoms with van der Waals surface area (Å²) in [7, 11) is 0. The molecule has 204 valence electrons. The van der Waals surface area contributed by atoms with Crippen LogP contribution in [0.5, 0.6) is 0 Å². The molecule has 4 N–H and O–H groups in total. The van der Waals surface area contributed by atoms with E-state index in [1.807, 2.05) is 0 Å². The van der Waals surface area contributed by atoms with Crippen LogP contribution in [-0.4, -0.2) is 43.3 Å². The normalized spacial score (nSPS) is 11.5. The van der Waals surface area contributed by atoms with Crippen LogP contribution in [0.4, 0.5) is 39.0 Å². The Morgan fingerprint density at radius 1 is 0.780 bits per heavy atom. The summed E-state index contributed by atoms with van der Waals surface area (Å²) >= 11 is 2.18. The van der Waals surface area contributed by atoms with Crippen molar-refractivity contribution >= 4 is 62.0 Å². The Kier molecular flexibility index (Phi) is 6.97. The molecule has 0 saturated heterocycles. The third-order valence-corrected chi connectivity index (χ3v) is 7.02. The van der Waals surface area contributed by atoms with Crippen LogP contribution in [0.15, 0.2) is 20.5 Å². The number of anilines is 2. The molecule has 0 aliphatic heterocycles. The highest BCUT2D eigenvalue weighted by atomic mass is 32.1. The Hall–Kier alpha value is -5.53. The number of hydrogen-bond acceptors (Lipinski definition) is 16. The quantitative estimate of drug-likeness (QED) is 0.197. The van der Waals surface area contributed by atoms with Crippen molar-refractivity contribution in [1.29, 1.82) is 5.26 Å². The first kappa shape index (κ1) is 27.1. The van der Waals surface area contributed by atoms with Gasteiger partial charge in [0.25, 0.3) is 0 Å². The van der Waals surface area contributed by atoms with E-state index in [2.05, 4.69) is 65.3 Å². The van der Waals surface area contributed by atoms with Gasteiger partial charge in [0, 0.05) is 23.1 Å². The van der Waals surface area contributed by atoms with E-state index in [9.17, 15) is 5.26 Å². The summed E-state index contributed by atoms with van der Waals surface area (Å²) < 4.78 is 10.7. The summed E-state index contributed by atoms with van der Waals surface area (Å²) in [4.78, 5) is 16.5. The van der Waals surface area contributed by atoms with E-state index in [0.29, 0.717) is 38.9 Å². The number of nitriles is 1. The molecule has 0 spiro atoms. The summed E-state index contributed by atoms with van der Waals surface area (Å²) in [6, 6.07) is 2.10. The average Bonchev–Trinajstić information content (AvgIpc) is 3.69. The van der Waals surface area contributed by atoms with Crippen molar-refractivity contribution in [2.24, 2.45) is 20.5 Å². The Morgan fingerprint density at radius 3 is 1.68 bits per heavy atom. The first-order valence-corrected chi connectivity index (χ1v) is 13.1. The van der Waals surface area contributed by atoms with Crippen molar-refractivity contribution in [2.45, 2.75) is 34.6 Å². The van der Waals surface area contributed by atoms with Crippen molar-refractivity contribution < 1.29 is 0 Å². The van der Waals surface area contributed by atoms with Gasteiger partial charge in [0.15, 0.2) is 34.6 Å². The Morgan fingerprint density at radius 2 is 1.27 bits per heavy atom. The lowest BCUT2D eigenvalue weighted by atomic mass is 10.1. The Balaban J connectivity index is 1.65. The van der Waals surface area contributed by atoms with Gasteiger partial charge < -0.3 is 11.5 Å². The number of nitrogens with zero attached hydrogens (tertiary/aromatic N) is 15. The van der Waals surface area contributed by atoms with E-state index < -0.39 is 0 Å². The second-order valence-electron chi connectivity index (χ2n) is 8.44. The lowest BCUT2D eigenvalue weighted by Gasteiger charge is -2.14. The van der Waals surface area contributed by atoms with Crippen LogP contribution < -0.4 is 11.5 Å². The number of aromatic nitrogens is 9. The van der Waals surface area contributed by atoms with Crippen molar-refractivity contribution in [1.82, 2.24) is 43.3 Å². The fourth-order valence-corrected chi connectivity index (χ4v) is 4.72. The van der Waals surface area contributed by atoms with Gasteiger partial charge in [-0.25, -0.2) is 24.5 Å². The Bertz CT molecular complexity index is 1820. The highest BCUT2D eigenvalue weighted by Crippen LogP contribution is 2.38. The zero-order chi connectivity index (χ0) is 29.4. The van der Waals surface area contributed by atoms with E-state index in [-0.39, 0.29) is 45.9 Å². The molecule has 0 unspecified atom stereocenters. The molecule has 19 heteroatoms. The van der Waals surface area contributed by atoms with Crippen molar-refractivity contribution in [2.75, 3.05) is 11.5 Å². The number of aryl methyl sites for hydroxylation is 4. The van der Waals surface area contributed by atoms with Gasteiger partial charge in [0.05, 0.1) is 23.5 Å². The molecule has 0 aliphatic carbocycles. The molecular weight excluding hydrogens is 566 g/mol. The molecule has 0 amide bonds. The third-order valence-electron chi connectivity index (χ3n) is 5.63. The van der Waals surface area contributed by atoms with Crippen molar-refractivity contribution in [3.63, 3.8) is 0 Å². The third kappa shape index (κ3) is 4.86. The molecule has 0 fully saturated rings. The van der Waals surface area contributed by atoms with Crippen LogP contribution in [-0.2, 0) is 0 Å². The summed E-state index contributed by atoms with van der Waals surface area (Å²) in [6.45, 7) is 16.3. The Labute approximate surface area is 240 Å². The van der Waals surface area contributed by atoms with Gasteiger partial charge in [0.2, 0.25) is 16.0 Å². The van der Waals surface area contributed by atoms with Crippen molar-refractivity contribution in [3.05, 3.63) is 45.6 Å². The zero-order valence-corrected chi connectivity index (χ0v) is 23.8. The second-order valence-corrected chi connectivity index (χ2v) is 9.90. The van der Waals surface area contributed by atoms with Crippen LogP contribution in [0.2, 0.25) is 0 Å². The lowest BCUT2D eigenvalue weighted by Crippen LogP contribution is -2.12. The summed E-state index contributed by atoms with van der Waals surface area (Å²) in [5.74, 6) is 1.41.